The summed E-state index contributed by atoms with van der Waals surface area (Å²) in [5, 5.41) is 0. The minimum atomic E-state index is -0.107. The fourth-order valence-corrected chi connectivity index (χ4v) is 3.83. The van der Waals surface area contributed by atoms with E-state index >= 15 is 0 Å². The number of furan rings is 1. The summed E-state index contributed by atoms with van der Waals surface area (Å²) in [4.78, 5) is 30.9. The molecule has 1 aromatic heterocycles. The minimum absolute atomic E-state index is 0.107. The molecule has 3 heterocycles. The lowest BCUT2D eigenvalue weighted by atomic mass is 10.1. The normalized spacial score (nSPS) is 19.6. The highest BCUT2D eigenvalue weighted by atomic mass is 16.3. The second kappa shape index (κ2) is 6.86. The summed E-state index contributed by atoms with van der Waals surface area (Å²) in [6.07, 6.45) is 2.48. The molecule has 2 amide bonds. The zero-order valence-corrected chi connectivity index (χ0v) is 14.9. The molecule has 6 nitrogen and oxygen atoms in total. The van der Waals surface area contributed by atoms with Crippen LogP contribution in [-0.2, 0) is 11.2 Å². The molecular weight excluding hydrogens is 330 g/mol. The Kier molecular flexibility index (Phi) is 4.41. The number of carbonyl (C=O) groups is 2. The minimum Gasteiger partial charge on any atom is -0.459 e. The van der Waals surface area contributed by atoms with Gasteiger partial charge in [0.25, 0.3) is 5.91 Å². The smallest absolute Gasteiger partial charge is 0.289 e. The average Bonchev–Trinajstić information content (AvgIpc) is 3.30. The van der Waals surface area contributed by atoms with Crippen LogP contribution in [0.4, 0.5) is 5.69 Å². The predicted molar refractivity (Wildman–Crippen MR) is 98.1 cm³/mol. The van der Waals surface area contributed by atoms with Gasteiger partial charge in [0.15, 0.2) is 5.76 Å². The third kappa shape index (κ3) is 3.07. The van der Waals surface area contributed by atoms with Gasteiger partial charge in [-0.1, -0.05) is 18.2 Å². The van der Waals surface area contributed by atoms with E-state index < -0.39 is 0 Å². The molecule has 0 spiro atoms. The fraction of sp³-hybridized carbons (Fsp3) is 0.400. The highest BCUT2D eigenvalue weighted by Gasteiger charge is 2.30. The number of fused-ring (bicyclic) bond motifs is 1. The Bertz CT molecular complexity index is 794. The number of piperazine rings is 1. The maximum Gasteiger partial charge on any atom is 0.289 e. The molecule has 4 rings (SSSR count). The number of hydrogen-bond acceptors (Lipinski definition) is 4. The number of para-hydroxylation sites is 1. The van der Waals surface area contributed by atoms with E-state index in [0.717, 1.165) is 6.42 Å². The zero-order chi connectivity index (χ0) is 18.1. The second-order valence-electron chi connectivity index (χ2n) is 6.96. The fourth-order valence-electron chi connectivity index (χ4n) is 3.83. The highest BCUT2D eigenvalue weighted by Crippen LogP contribution is 2.31. The Morgan fingerprint density at radius 3 is 2.50 bits per heavy atom. The van der Waals surface area contributed by atoms with E-state index in [1.165, 1.54) is 17.5 Å². The molecule has 26 heavy (non-hydrogen) atoms. The van der Waals surface area contributed by atoms with Crippen LogP contribution in [0.15, 0.2) is 47.1 Å². The van der Waals surface area contributed by atoms with Crippen molar-refractivity contribution < 1.29 is 14.0 Å². The Morgan fingerprint density at radius 1 is 1.04 bits per heavy atom. The van der Waals surface area contributed by atoms with Crippen LogP contribution in [0.1, 0.15) is 23.0 Å². The van der Waals surface area contributed by atoms with Gasteiger partial charge in [-0.3, -0.25) is 9.59 Å². The van der Waals surface area contributed by atoms with Crippen LogP contribution in [0.25, 0.3) is 0 Å². The van der Waals surface area contributed by atoms with E-state index in [0.29, 0.717) is 44.5 Å². The zero-order valence-electron chi connectivity index (χ0n) is 14.9. The van der Waals surface area contributed by atoms with Crippen LogP contribution in [0.2, 0.25) is 0 Å². The topological polar surface area (TPSA) is 57.0 Å². The Balaban J connectivity index is 1.35. The van der Waals surface area contributed by atoms with Crippen molar-refractivity contribution in [3.05, 3.63) is 54.0 Å². The number of carbonyl (C=O) groups excluding carboxylic acids is 2. The number of amides is 2. The number of nitrogens with zero attached hydrogens (tertiary/aromatic N) is 3. The predicted octanol–water partition coefficient (Wildman–Crippen LogP) is 2.02. The summed E-state index contributed by atoms with van der Waals surface area (Å²) in [5.41, 5.74) is 2.47. The standard InChI is InChI=1S/C20H23N3O3/c1-15-13-16-5-2-3-6-17(16)23(15)14-19(24)21-8-10-22(11-9-21)20(25)18-7-4-12-26-18/h2-7,12,15H,8-11,13-14H2,1H3. The van der Waals surface area contributed by atoms with Gasteiger partial charge in [-0.15, -0.1) is 0 Å². The highest BCUT2D eigenvalue weighted by molar-refractivity contribution is 5.91. The van der Waals surface area contributed by atoms with Gasteiger partial charge in [-0.05, 0) is 37.1 Å². The molecule has 1 atom stereocenters. The van der Waals surface area contributed by atoms with Crippen LogP contribution in [0, 0.1) is 0 Å². The number of hydrogen-bond donors (Lipinski definition) is 0. The van der Waals surface area contributed by atoms with Crippen LogP contribution in [-0.4, -0.2) is 60.4 Å². The Labute approximate surface area is 153 Å². The summed E-state index contributed by atoms with van der Waals surface area (Å²) in [7, 11) is 0. The van der Waals surface area contributed by atoms with Crippen LogP contribution >= 0.6 is 0 Å². The Hall–Kier alpha value is -2.76. The summed E-state index contributed by atoms with van der Waals surface area (Å²) in [5.74, 6) is 0.370. The molecule has 0 N–H and O–H groups in total. The molecule has 1 saturated heterocycles. The van der Waals surface area contributed by atoms with Crippen LogP contribution in [0.5, 0.6) is 0 Å². The molecule has 0 bridgehead atoms. The molecule has 2 aromatic rings. The maximum atomic E-state index is 12.8. The van der Waals surface area contributed by atoms with E-state index in [1.54, 1.807) is 17.0 Å². The molecular formula is C20H23N3O3. The molecule has 6 heteroatoms. The van der Waals surface area contributed by atoms with Gasteiger partial charge in [0, 0.05) is 37.9 Å². The van der Waals surface area contributed by atoms with E-state index in [-0.39, 0.29) is 11.8 Å². The van der Waals surface area contributed by atoms with Gasteiger partial charge in [0.2, 0.25) is 5.91 Å². The first-order valence-electron chi connectivity index (χ1n) is 9.08. The second-order valence-corrected chi connectivity index (χ2v) is 6.96. The molecule has 0 aliphatic carbocycles. The monoisotopic (exact) mass is 353 g/mol. The SMILES string of the molecule is CC1Cc2ccccc2N1CC(=O)N1CCN(C(=O)c2ccco2)CC1. The third-order valence-electron chi connectivity index (χ3n) is 5.31. The molecule has 136 valence electrons. The van der Waals surface area contributed by atoms with Crippen molar-refractivity contribution in [2.24, 2.45) is 0 Å². The van der Waals surface area contributed by atoms with Crippen molar-refractivity contribution in [1.29, 1.82) is 0 Å². The first kappa shape index (κ1) is 16.7. The van der Waals surface area contributed by atoms with Gasteiger partial charge in [-0.2, -0.15) is 0 Å². The molecule has 2 aliphatic heterocycles. The molecule has 1 unspecified atom stereocenters. The summed E-state index contributed by atoms with van der Waals surface area (Å²) >= 11 is 0. The van der Waals surface area contributed by atoms with E-state index in [9.17, 15) is 9.59 Å². The lowest BCUT2D eigenvalue weighted by molar-refractivity contribution is -0.131. The number of rotatable bonds is 3. The van der Waals surface area contributed by atoms with Crippen molar-refractivity contribution in [1.82, 2.24) is 9.80 Å². The van der Waals surface area contributed by atoms with Gasteiger partial charge in [0.1, 0.15) is 0 Å². The largest absolute Gasteiger partial charge is 0.459 e. The first-order chi connectivity index (χ1) is 12.6. The summed E-state index contributed by atoms with van der Waals surface area (Å²) in [6, 6.07) is 12.0. The molecule has 0 radical (unpaired) electrons. The maximum absolute atomic E-state index is 12.8. The molecule has 0 saturated carbocycles. The summed E-state index contributed by atoms with van der Waals surface area (Å²) in [6.45, 7) is 4.76. The van der Waals surface area contributed by atoms with Crippen molar-refractivity contribution in [3.8, 4) is 0 Å². The summed E-state index contributed by atoms with van der Waals surface area (Å²) < 4.78 is 5.18. The Morgan fingerprint density at radius 2 is 1.77 bits per heavy atom. The van der Waals surface area contributed by atoms with Gasteiger partial charge < -0.3 is 19.1 Å². The van der Waals surface area contributed by atoms with Crippen molar-refractivity contribution in [2.75, 3.05) is 37.6 Å². The van der Waals surface area contributed by atoms with Crippen molar-refractivity contribution in [2.45, 2.75) is 19.4 Å². The number of anilines is 1. The van der Waals surface area contributed by atoms with Crippen LogP contribution < -0.4 is 4.90 Å². The average molecular weight is 353 g/mol. The molecule has 1 fully saturated rings. The van der Waals surface area contributed by atoms with Gasteiger partial charge >= 0.3 is 0 Å². The van der Waals surface area contributed by atoms with Gasteiger partial charge in [0.05, 0.1) is 12.8 Å². The molecule has 2 aliphatic rings. The van der Waals surface area contributed by atoms with E-state index in [1.807, 2.05) is 17.0 Å². The van der Waals surface area contributed by atoms with Gasteiger partial charge in [-0.25, -0.2) is 0 Å². The lowest BCUT2D eigenvalue weighted by Crippen LogP contribution is -2.53. The van der Waals surface area contributed by atoms with Crippen molar-refractivity contribution in [3.63, 3.8) is 0 Å². The lowest BCUT2D eigenvalue weighted by Gasteiger charge is -2.36. The molecule has 1 aromatic carbocycles. The number of benzene rings is 1. The first-order valence-corrected chi connectivity index (χ1v) is 9.08. The quantitative estimate of drug-likeness (QED) is 0.847. The van der Waals surface area contributed by atoms with Crippen LogP contribution in [0.3, 0.4) is 0 Å². The van der Waals surface area contributed by atoms with E-state index in [2.05, 4.69) is 24.0 Å². The van der Waals surface area contributed by atoms with Crippen molar-refractivity contribution >= 4 is 17.5 Å². The van der Waals surface area contributed by atoms with E-state index in [4.69, 9.17) is 4.42 Å². The third-order valence-corrected chi connectivity index (χ3v) is 5.31.